The first-order valence-corrected chi connectivity index (χ1v) is 12.6. The van der Waals surface area contributed by atoms with Crippen molar-refractivity contribution in [1.82, 2.24) is 4.90 Å². The van der Waals surface area contributed by atoms with Crippen LogP contribution in [0.2, 0.25) is 0 Å². The van der Waals surface area contributed by atoms with Gasteiger partial charge < -0.3 is 24.2 Å². The van der Waals surface area contributed by atoms with Gasteiger partial charge in [0, 0.05) is 18.7 Å². The summed E-state index contributed by atoms with van der Waals surface area (Å²) >= 11 is 0. The van der Waals surface area contributed by atoms with E-state index in [4.69, 9.17) is 19.3 Å². The number of carbonyl (C=O) groups excluding carboxylic acids is 3. The average molecular weight is 523 g/mol. The van der Waals surface area contributed by atoms with E-state index in [1.165, 1.54) is 4.90 Å². The quantitative estimate of drug-likeness (QED) is 0.255. The van der Waals surface area contributed by atoms with Crippen LogP contribution < -0.4 is 19.1 Å². The van der Waals surface area contributed by atoms with Gasteiger partial charge in [-0.15, -0.1) is 0 Å². The maximum Gasteiger partial charge on any atom is 0.328 e. The lowest BCUT2D eigenvalue weighted by Crippen LogP contribution is -2.44. The van der Waals surface area contributed by atoms with Crippen molar-refractivity contribution in [3.63, 3.8) is 0 Å². The van der Waals surface area contributed by atoms with Crippen molar-refractivity contribution < 1.29 is 38.5 Å². The lowest BCUT2D eigenvalue weighted by molar-refractivity contribution is -0.135. The topological polar surface area (TPSA) is 123 Å². The molecule has 2 aliphatic rings. The number of anilines is 1. The van der Waals surface area contributed by atoms with Crippen LogP contribution in [-0.2, 0) is 25.7 Å². The van der Waals surface area contributed by atoms with Gasteiger partial charge in [0.15, 0.2) is 11.5 Å². The minimum absolute atomic E-state index is 0.0399. The molecule has 10 nitrogen and oxygen atoms in total. The molecule has 0 bridgehead atoms. The number of carboxylic acid groups (broad SMARTS) is 1. The molecule has 1 N–H and O–H groups in total. The molecule has 1 fully saturated rings. The largest absolute Gasteiger partial charge is 0.494 e. The van der Waals surface area contributed by atoms with Crippen LogP contribution in [0.15, 0.2) is 54.6 Å². The molecule has 4 rings (SSSR count). The van der Waals surface area contributed by atoms with E-state index in [0.29, 0.717) is 41.2 Å². The molecule has 10 heteroatoms. The van der Waals surface area contributed by atoms with Crippen LogP contribution in [0.3, 0.4) is 0 Å². The summed E-state index contributed by atoms with van der Waals surface area (Å²) in [7, 11) is 0. The maximum atomic E-state index is 13.4. The maximum absolute atomic E-state index is 13.4. The molecule has 38 heavy (non-hydrogen) atoms. The number of carboxylic acids is 1. The number of amides is 3. The third-order valence-corrected chi connectivity index (χ3v) is 6.30. The molecular weight excluding hydrogens is 492 g/mol. The molecule has 0 radical (unpaired) electrons. The third-order valence-electron chi connectivity index (χ3n) is 6.30. The Morgan fingerprint density at radius 1 is 1.05 bits per heavy atom. The summed E-state index contributed by atoms with van der Waals surface area (Å²) < 4.78 is 16.5. The third kappa shape index (κ3) is 6.31. The van der Waals surface area contributed by atoms with E-state index in [9.17, 15) is 19.2 Å². The number of aliphatic carboxylic acids is 1. The molecule has 200 valence electrons. The van der Waals surface area contributed by atoms with E-state index in [1.54, 1.807) is 42.5 Å². The van der Waals surface area contributed by atoms with Gasteiger partial charge in [0.25, 0.3) is 5.91 Å². The first-order valence-electron chi connectivity index (χ1n) is 12.6. The van der Waals surface area contributed by atoms with Gasteiger partial charge in [-0.3, -0.25) is 14.4 Å². The monoisotopic (exact) mass is 522 g/mol. The van der Waals surface area contributed by atoms with Crippen LogP contribution in [0, 0.1) is 0 Å². The Morgan fingerprint density at radius 2 is 1.82 bits per heavy atom. The van der Waals surface area contributed by atoms with E-state index in [0.717, 1.165) is 36.7 Å². The predicted molar refractivity (Wildman–Crippen MR) is 137 cm³/mol. The SMILES string of the molecule is CCCCCCOc1ccc(N2C(=O)CC(N(Cc3ccc4c(c3)OCO4)C(=O)/C=C/C(=O)O)C2=O)cc1. The molecular formula is C28H30N2O8. The molecule has 1 atom stereocenters. The first-order chi connectivity index (χ1) is 18.4. The Labute approximate surface area is 220 Å². The summed E-state index contributed by atoms with van der Waals surface area (Å²) in [6, 6.07) is 10.7. The van der Waals surface area contributed by atoms with Crippen molar-refractivity contribution >= 4 is 29.4 Å². The summed E-state index contributed by atoms with van der Waals surface area (Å²) in [5, 5.41) is 8.98. The average Bonchev–Trinajstić information content (AvgIpc) is 3.49. The predicted octanol–water partition coefficient (Wildman–Crippen LogP) is 3.68. The highest BCUT2D eigenvalue weighted by molar-refractivity contribution is 6.23. The molecule has 0 aromatic heterocycles. The molecule has 0 spiro atoms. The number of hydrogen-bond donors (Lipinski definition) is 1. The standard InChI is InChI=1S/C28H30N2O8/c1-2-3-4-5-14-36-21-9-7-20(8-10-21)30-26(32)16-22(28(30)35)29(25(31)12-13-27(33)34)17-19-6-11-23-24(15-19)38-18-37-23/h6-13,15,22H,2-5,14,16-18H2,1H3,(H,33,34)/b13-12+. The van der Waals surface area contributed by atoms with Crippen molar-refractivity contribution in [1.29, 1.82) is 0 Å². The first kappa shape index (κ1) is 26.7. The highest BCUT2D eigenvalue weighted by atomic mass is 16.7. The fourth-order valence-electron chi connectivity index (χ4n) is 4.36. The van der Waals surface area contributed by atoms with Gasteiger partial charge in [0.1, 0.15) is 11.8 Å². The number of fused-ring (bicyclic) bond motifs is 1. The number of unbranched alkanes of at least 4 members (excludes halogenated alkanes) is 3. The van der Waals surface area contributed by atoms with E-state index in [1.807, 2.05) is 0 Å². The van der Waals surface area contributed by atoms with Gasteiger partial charge in [-0.05, 0) is 48.4 Å². The number of hydrogen-bond acceptors (Lipinski definition) is 7. The van der Waals surface area contributed by atoms with Crippen LogP contribution in [-0.4, -0.2) is 53.1 Å². The Kier molecular flexibility index (Phi) is 8.62. The second-order valence-corrected chi connectivity index (χ2v) is 9.02. The Bertz CT molecular complexity index is 1220. The lowest BCUT2D eigenvalue weighted by atomic mass is 10.1. The number of nitrogens with zero attached hydrogens (tertiary/aromatic N) is 2. The van der Waals surface area contributed by atoms with Crippen LogP contribution in [0.5, 0.6) is 17.2 Å². The molecule has 2 aromatic rings. The molecule has 0 aliphatic carbocycles. The van der Waals surface area contributed by atoms with Crippen LogP contribution in [0.25, 0.3) is 0 Å². The van der Waals surface area contributed by atoms with Crippen LogP contribution in [0.1, 0.15) is 44.6 Å². The minimum atomic E-state index is -1.30. The summed E-state index contributed by atoms with van der Waals surface area (Å²) in [5.74, 6) is -1.34. The van der Waals surface area contributed by atoms with Crippen molar-refractivity contribution in [2.75, 3.05) is 18.3 Å². The highest BCUT2D eigenvalue weighted by Crippen LogP contribution is 2.34. The van der Waals surface area contributed by atoms with Gasteiger partial charge >= 0.3 is 5.97 Å². The van der Waals surface area contributed by atoms with Gasteiger partial charge in [-0.2, -0.15) is 0 Å². The Hall–Kier alpha value is -4.34. The fraction of sp³-hybridized carbons (Fsp3) is 0.357. The van der Waals surface area contributed by atoms with Crippen molar-refractivity contribution in [2.24, 2.45) is 0 Å². The van der Waals surface area contributed by atoms with Crippen molar-refractivity contribution in [2.45, 2.75) is 51.6 Å². The van der Waals surface area contributed by atoms with E-state index in [-0.39, 0.29) is 19.8 Å². The number of imide groups is 1. The Morgan fingerprint density at radius 3 is 2.55 bits per heavy atom. The summed E-state index contributed by atoms with van der Waals surface area (Å²) in [6.45, 7) is 2.77. The summed E-state index contributed by atoms with van der Waals surface area (Å²) in [5.41, 5.74) is 1.00. The van der Waals surface area contributed by atoms with Crippen molar-refractivity contribution in [3.05, 3.63) is 60.2 Å². The van der Waals surface area contributed by atoms with Crippen LogP contribution in [0.4, 0.5) is 5.69 Å². The molecule has 3 amide bonds. The lowest BCUT2D eigenvalue weighted by Gasteiger charge is -2.27. The Balaban J connectivity index is 1.50. The van der Waals surface area contributed by atoms with E-state index >= 15 is 0 Å². The second kappa shape index (κ2) is 12.3. The normalized spacial score (nSPS) is 16.3. The zero-order valence-corrected chi connectivity index (χ0v) is 21.1. The van der Waals surface area contributed by atoms with Crippen molar-refractivity contribution in [3.8, 4) is 17.2 Å². The zero-order valence-electron chi connectivity index (χ0n) is 21.1. The zero-order chi connectivity index (χ0) is 27.1. The van der Waals surface area contributed by atoms with Gasteiger partial charge in [-0.25, -0.2) is 9.69 Å². The van der Waals surface area contributed by atoms with Gasteiger partial charge in [0.05, 0.1) is 18.7 Å². The number of carbonyl (C=O) groups is 4. The number of benzene rings is 2. The smallest absolute Gasteiger partial charge is 0.328 e. The molecule has 0 saturated carbocycles. The number of ether oxygens (including phenoxy) is 3. The summed E-state index contributed by atoms with van der Waals surface area (Å²) in [6.07, 6.45) is 5.69. The molecule has 2 heterocycles. The minimum Gasteiger partial charge on any atom is -0.494 e. The van der Waals surface area contributed by atoms with Crippen LogP contribution >= 0.6 is 0 Å². The summed E-state index contributed by atoms with van der Waals surface area (Å²) in [4.78, 5) is 52.6. The van der Waals surface area contributed by atoms with E-state index < -0.39 is 29.7 Å². The second-order valence-electron chi connectivity index (χ2n) is 9.02. The van der Waals surface area contributed by atoms with E-state index in [2.05, 4.69) is 6.92 Å². The molecule has 2 aliphatic heterocycles. The van der Waals surface area contributed by atoms with Gasteiger partial charge in [0.2, 0.25) is 18.6 Å². The number of rotatable bonds is 12. The molecule has 1 saturated heterocycles. The van der Waals surface area contributed by atoms with Gasteiger partial charge in [-0.1, -0.05) is 32.3 Å². The molecule has 2 aromatic carbocycles. The highest BCUT2D eigenvalue weighted by Gasteiger charge is 2.44. The fourth-order valence-corrected chi connectivity index (χ4v) is 4.36. The molecule has 1 unspecified atom stereocenters.